The van der Waals surface area contributed by atoms with Crippen LogP contribution < -0.4 is 0 Å². The summed E-state index contributed by atoms with van der Waals surface area (Å²) in [7, 11) is 0. The maximum absolute atomic E-state index is 5.39. The fraction of sp³-hybridized carbons (Fsp3) is 0.606. The van der Waals surface area contributed by atoms with E-state index in [2.05, 4.69) is 69.3 Å². The largest absolute Gasteiger partial charge is 0.205 e. The summed E-state index contributed by atoms with van der Waals surface area (Å²) >= 11 is 3.58. The molecule has 0 bridgehead atoms. The first-order chi connectivity index (χ1) is 18.8. The highest BCUT2D eigenvalue weighted by Gasteiger charge is 2.54. The van der Waals surface area contributed by atoms with Crippen LogP contribution in [0.4, 0.5) is 0 Å². The van der Waals surface area contributed by atoms with Gasteiger partial charge in [0.05, 0.1) is 5.54 Å². The van der Waals surface area contributed by atoms with Crippen molar-refractivity contribution in [1.29, 1.82) is 0 Å². The molecule has 0 amide bonds. The molecule has 38 heavy (non-hydrogen) atoms. The summed E-state index contributed by atoms with van der Waals surface area (Å²) in [6.07, 6.45) is 20.3. The van der Waals surface area contributed by atoms with Crippen LogP contribution in [0.2, 0.25) is 0 Å². The van der Waals surface area contributed by atoms with Crippen LogP contribution in [0.3, 0.4) is 0 Å². The third-order valence-corrected chi connectivity index (χ3v) is 10.8. The Bertz CT molecular complexity index is 1120. The van der Waals surface area contributed by atoms with Gasteiger partial charge in [-0.05, 0) is 78.2 Å². The molecule has 6 rings (SSSR count). The van der Waals surface area contributed by atoms with Gasteiger partial charge in [0.1, 0.15) is 0 Å². The minimum absolute atomic E-state index is 0.0268. The first kappa shape index (κ1) is 26.2. The number of aromatic nitrogens is 4. The van der Waals surface area contributed by atoms with Gasteiger partial charge in [0.2, 0.25) is 5.82 Å². The van der Waals surface area contributed by atoms with Crippen LogP contribution in [-0.2, 0) is 10.9 Å². The zero-order chi connectivity index (χ0) is 25.8. The summed E-state index contributed by atoms with van der Waals surface area (Å²) in [6, 6.07) is 17.5. The SMILES string of the molecule is BrCc1ccc(-c2ccccc2-c2nnn(C(C3CCCCC3)(C3CCCCC3)C3CCCCC3)n2)cc1. The third kappa shape index (κ3) is 5.00. The molecule has 3 aliphatic rings. The highest BCUT2D eigenvalue weighted by atomic mass is 79.9. The van der Waals surface area contributed by atoms with Crippen LogP contribution in [0.1, 0.15) is 102 Å². The lowest BCUT2D eigenvalue weighted by molar-refractivity contribution is -0.0558. The number of benzene rings is 2. The van der Waals surface area contributed by atoms with Crippen molar-refractivity contribution in [2.24, 2.45) is 17.8 Å². The van der Waals surface area contributed by atoms with Crippen molar-refractivity contribution in [3.63, 3.8) is 0 Å². The zero-order valence-electron chi connectivity index (χ0n) is 22.8. The molecule has 0 N–H and O–H groups in total. The number of rotatable bonds is 7. The van der Waals surface area contributed by atoms with Gasteiger partial charge in [0.15, 0.2) is 0 Å². The summed E-state index contributed by atoms with van der Waals surface area (Å²) in [6.45, 7) is 0. The highest BCUT2D eigenvalue weighted by molar-refractivity contribution is 9.08. The molecule has 0 aliphatic heterocycles. The van der Waals surface area contributed by atoms with Gasteiger partial charge in [-0.25, -0.2) is 0 Å². The number of nitrogens with zero attached hydrogens (tertiary/aromatic N) is 4. The van der Waals surface area contributed by atoms with Gasteiger partial charge in [0.25, 0.3) is 0 Å². The molecule has 2 aromatic carbocycles. The second-order valence-corrected chi connectivity index (χ2v) is 12.7. The number of hydrogen-bond donors (Lipinski definition) is 0. The van der Waals surface area contributed by atoms with E-state index in [0.717, 1.165) is 16.7 Å². The van der Waals surface area contributed by atoms with Gasteiger partial charge in [-0.1, -0.05) is 122 Å². The fourth-order valence-corrected chi connectivity index (χ4v) is 8.75. The Labute approximate surface area is 237 Å². The smallest absolute Gasteiger partial charge is 0.157 e. The number of halogens is 1. The highest BCUT2D eigenvalue weighted by Crippen LogP contribution is 2.54. The molecule has 3 saturated carbocycles. The van der Waals surface area contributed by atoms with E-state index >= 15 is 0 Å². The molecule has 0 spiro atoms. The first-order valence-corrected chi connectivity index (χ1v) is 16.5. The Balaban J connectivity index is 1.45. The maximum atomic E-state index is 5.39. The average Bonchev–Trinajstić information content (AvgIpc) is 3.50. The second-order valence-electron chi connectivity index (χ2n) is 12.2. The van der Waals surface area contributed by atoms with E-state index in [9.17, 15) is 0 Å². The molecule has 3 aliphatic carbocycles. The third-order valence-electron chi connectivity index (χ3n) is 10.1. The predicted molar refractivity (Wildman–Crippen MR) is 159 cm³/mol. The van der Waals surface area contributed by atoms with E-state index in [1.807, 2.05) is 0 Å². The summed E-state index contributed by atoms with van der Waals surface area (Å²) < 4.78 is 0. The van der Waals surface area contributed by atoms with Crippen LogP contribution in [0, 0.1) is 17.8 Å². The summed E-state index contributed by atoms with van der Waals surface area (Å²) in [5.74, 6) is 2.82. The van der Waals surface area contributed by atoms with Crippen molar-refractivity contribution in [3.05, 3.63) is 54.1 Å². The van der Waals surface area contributed by atoms with Crippen molar-refractivity contribution in [2.45, 2.75) is 107 Å². The molecule has 5 heteroatoms. The van der Waals surface area contributed by atoms with Gasteiger partial charge >= 0.3 is 0 Å². The average molecular weight is 576 g/mol. The van der Waals surface area contributed by atoms with Gasteiger partial charge < -0.3 is 0 Å². The van der Waals surface area contributed by atoms with E-state index in [0.29, 0.717) is 17.8 Å². The molecule has 0 atom stereocenters. The van der Waals surface area contributed by atoms with Crippen LogP contribution in [0.25, 0.3) is 22.5 Å². The van der Waals surface area contributed by atoms with Crippen LogP contribution in [-0.4, -0.2) is 20.2 Å². The summed E-state index contributed by atoms with van der Waals surface area (Å²) in [5, 5.41) is 16.1. The number of tetrazole rings is 1. The van der Waals surface area contributed by atoms with Crippen molar-refractivity contribution >= 4 is 15.9 Å². The van der Waals surface area contributed by atoms with Gasteiger partial charge in [-0.2, -0.15) is 4.80 Å². The Morgan fingerprint density at radius 1 is 0.658 bits per heavy atom. The van der Waals surface area contributed by atoms with Crippen LogP contribution >= 0.6 is 15.9 Å². The number of alkyl halides is 1. The monoisotopic (exact) mass is 574 g/mol. The van der Waals surface area contributed by atoms with Crippen LogP contribution in [0.5, 0.6) is 0 Å². The molecular weight excluding hydrogens is 532 g/mol. The van der Waals surface area contributed by atoms with E-state index in [1.54, 1.807) is 0 Å². The minimum Gasteiger partial charge on any atom is -0.157 e. The molecule has 3 fully saturated rings. The molecular formula is C33H43BrN4. The quantitative estimate of drug-likeness (QED) is 0.264. The van der Waals surface area contributed by atoms with Gasteiger partial charge in [-0.3, -0.25) is 0 Å². The number of hydrogen-bond acceptors (Lipinski definition) is 3. The first-order valence-electron chi connectivity index (χ1n) is 15.4. The second kappa shape index (κ2) is 12.0. The molecule has 1 heterocycles. The lowest BCUT2D eigenvalue weighted by Crippen LogP contribution is -2.56. The summed E-state index contributed by atoms with van der Waals surface area (Å²) in [4.78, 5) is 2.23. The Morgan fingerprint density at radius 2 is 1.16 bits per heavy atom. The van der Waals surface area contributed by atoms with Gasteiger partial charge in [0, 0.05) is 10.9 Å². The van der Waals surface area contributed by atoms with Crippen molar-refractivity contribution in [2.75, 3.05) is 0 Å². The lowest BCUT2D eigenvalue weighted by atomic mass is 9.56. The van der Waals surface area contributed by atoms with Crippen molar-refractivity contribution in [3.8, 4) is 22.5 Å². The molecule has 3 aromatic rings. The topological polar surface area (TPSA) is 43.6 Å². The van der Waals surface area contributed by atoms with Crippen molar-refractivity contribution < 1.29 is 0 Å². The molecule has 4 nitrogen and oxygen atoms in total. The van der Waals surface area contributed by atoms with Crippen LogP contribution in [0.15, 0.2) is 48.5 Å². The summed E-state index contributed by atoms with van der Waals surface area (Å²) in [5.41, 5.74) is 4.80. The maximum Gasteiger partial charge on any atom is 0.205 e. The van der Waals surface area contributed by atoms with E-state index in [1.165, 1.54) is 113 Å². The van der Waals surface area contributed by atoms with Gasteiger partial charge in [-0.15, -0.1) is 10.2 Å². The standard InChI is InChI=1S/C33H43BrN4/c34-24-25-20-22-26(23-21-25)30-18-10-11-19-31(30)32-35-37-38(36-32)33(27-12-4-1-5-13-27,28-14-6-2-7-15-28)29-16-8-3-9-17-29/h10-11,18-23,27-29H,1-9,12-17,24H2. The molecule has 0 unspecified atom stereocenters. The normalized spacial score (nSPS) is 20.6. The molecule has 0 saturated heterocycles. The van der Waals surface area contributed by atoms with E-state index in [4.69, 9.17) is 15.4 Å². The Morgan fingerprint density at radius 3 is 1.66 bits per heavy atom. The van der Waals surface area contributed by atoms with E-state index < -0.39 is 0 Å². The Kier molecular flexibility index (Phi) is 8.30. The molecule has 1 aromatic heterocycles. The fourth-order valence-electron chi connectivity index (χ4n) is 8.37. The predicted octanol–water partition coefficient (Wildman–Crippen LogP) is 9.34. The molecule has 202 valence electrons. The molecule has 0 radical (unpaired) electrons. The zero-order valence-corrected chi connectivity index (χ0v) is 24.4. The van der Waals surface area contributed by atoms with Crippen molar-refractivity contribution in [1.82, 2.24) is 20.2 Å². The van der Waals surface area contributed by atoms with E-state index in [-0.39, 0.29) is 5.54 Å². The lowest BCUT2D eigenvalue weighted by Gasteiger charge is -2.53. The Hall–Kier alpha value is -2.01. The minimum atomic E-state index is 0.0268.